The fraction of sp³-hybridized carbons (Fsp3) is 0.458. The van der Waals surface area contributed by atoms with Crippen molar-refractivity contribution in [3.8, 4) is 17.2 Å². The van der Waals surface area contributed by atoms with Crippen LogP contribution in [0.1, 0.15) is 49.0 Å². The third-order valence-corrected chi connectivity index (χ3v) is 4.64. The predicted octanol–water partition coefficient (Wildman–Crippen LogP) is 4.68. The number of nitrogens with one attached hydrogen (secondary N) is 1. The molecule has 0 bridgehead atoms. The van der Waals surface area contributed by atoms with E-state index in [0.29, 0.717) is 30.9 Å². The molecule has 0 aromatic heterocycles. The van der Waals surface area contributed by atoms with E-state index in [1.165, 1.54) is 5.56 Å². The van der Waals surface area contributed by atoms with Crippen LogP contribution in [0.5, 0.6) is 17.2 Å². The first-order chi connectivity index (χ1) is 14.3. The van der Waals surface area contributed by atoms with Crippen LogP contribution < -0.4 is 19.5 Å². The van der Waals surface area contributed by atoms with Gasteiger partial charge in [-0.25, -0.2) is 0 Å². The highest BCUT2D eigenvalue weighted by atomic mass is 16.6. The molecule has 29 heavy (non-hydrogen) atoms. The first-order valence-corrected chi connectivity index (χ1v) is 10.5. The van der Waals surface area contributed by atoms with Crippen LogP contribution >= 0.6 is 0 Å². The number of ketones is 1. The average molecular weight is 400 g/mol. The number of Topliss-reactive ketones (excluding diaryl/α,β-unsaturated/α-hetero) is 1. The minimum atomic E-state index is 0.154. The molecule has 0 amide bonds. The average Bonchev–Trinajstić information content (AvgIpc) is 2.79. The highest BCUT2D eigenvalue weighted by molar-refractivity contribution is 5.96. The molecule has 0 aliphatic carbocycles. The SMILES string of the molecule is CC.COc1ccccc1CCNCCCCC(=O)c1ccc2c(c1)OCCO2. The first-order valence-electron chi connectivity index (χ1n) is 10.5. The van der Waals surface area contributed by atoms with E-state index in [1.807, 2.05) is 44.2 Å². The van der Waals surface area contributed by atoms with E-state index in [2.05, 4.69) is 11.4 Å². The zero-order chi connectivity index (χ0) is 20.9. The van der Waals surface area contributed by atoms with Crippen LogP contribution in [0.2, 0.25) is 0 Å². The first kappa shape index (κ1) is 22.8. The summed E-state index contributed by atoms with van der Waals surface area (Å²) in [5, 5.41) is 3.44. The van der Waals surface area contributed by atoms with Crippen LogP contribution in [0.25, 0.3) is 0 Å². The zero-order valence-corrected chi connectivity index (χ0v) is 17.8. The molecule has 0 unspecified atom stereocenters. The van der Waals surface area contributed by atoms with E-state index >= 15 is 0 Å². The van der Waals surface area contributed by atoms with Gasteiger partial charge in [0.25, 0.3) is 0 Å². The second kappa shape index (κ2) is 12.8. The third-order valence-electron chi connectivity index (χ3n) is 4.64. The molecular weight excluding hydrogens is 366 g/mol. The van der Waals surface area contributed by atoms with E-state index in [4.69, 9.17) is 14.2 Å². The lowest BCUT2D eigenvalue weighted by Crippen LogP contribution is -2.19. The van der Waals surface area contributed by atoms with Gasteiger partial charge in [-0.15, -0.1) is 0 Å². The van der Waals surface area contributed by atoms with Gasteiger partial charge in [0.05, 0.1) is 7.11 Å². The maximum absolute atomic E-state index is 12.3. The molecule has 0 radical (unpaired) electrons. The quantitative estimate of drug-likeness (QED) is 0.464. The maximum Gasteiger partial charge on any atom is 0.163 e. The van der Waals surface area contributed by atoms with E-state index in [9.17, 15) is 4.79 Å². The van der Waals surface area contributed by atoms with E-state index < -0.39 is 0 Å². The molecule has 1 aliphatic rings. The predicted molar refractivity (Wildman–Crippen MR) is 117 cm³/mol. The number of unbranched alkanes of at least 4 members (excludes halogenated alkanes) is 1. The lowest BCUT2D eigenvalue weighted by Gasteiger charge is -2.18. The number of methoxy groups -OCH3 is 1. The Kier molecular flexibility index (Phi) is 10.1. The van der Waals surface area contributed by atoms with Crippen molar-refractivity contribution in [1.82, 2.24) is 5.32 Å². The number of hydrogen-bond donors (Lipinski definition) is 1. The fourth-order valence-corrected chi connectivity index (χ4v) is 3.15. The molecule has 0 atom stereocenters. The summed E-state index contributed by atoms with van der Waals surface area (Å²) >= 11 is 0. The molecule has 0 saturated heterocycles. The Hall–Kier alpha value is -2.53. The number of ether oxygens (including phenoxy) is 3. The van der Waals surface area contributed by atoms with Gasteiger partial charge < -0.3 is 19.5 Å². The molecule has 1 aliphatic heterocycles. The molecule has 3 rings (SSSR count). The molecule has 5 heteroatoms. The van der Waals surface area contributed by atoms with Crippen LogP contribution in [0.4, 0.5) is 0 Å². The summed E-state index contributed by atoms with van der Waals surface area (Å²) in [5.41, 5.74) is 1.91. The van der Waals surface area contributed by atoms with Gasteiger partial charge in [-0.05, 0) is 62.2 Å². The largest absolute Gasteiger partial charge is 0.496 e. The van der Waals surface area contributed by atoms with Gasteiger partial charge >= 0.3 is 0 Å². The molecular formula is C24H33NO4. The van der Waals surface area contributed by atoms with E-state index in [-0.39, 0.29) is 5.78 Å². The molecule has 2 aromatic rings. The molecule has 1 N–H and O–H groups in total. The molecule has 1 heterocycles. The Labute approximate surface area is 174 Å². The minimum absolute atomic E-state index is 0.154. The van der Waals surface area contributed by atoms with Crippen molar-refractivity contribution in [2.75, 3.05) is 33.4 Å². The molecule has 0 spiro atoms. The number of rotatable bonds is 10. The Balaban J connectivity index is 0.00000145. The molecule has 5 nitrogen and oxygen atoms in total. The van der Waals surface area contributed by atoms with Gasteiger partial charge in [0.15, 0.2) is 17.3 Å². The number of benzene rings is 2. The zero-order valence-electron chi connectivity index (χ0n) is 17.8. The number of fused-ring (bicyclic) bond motifs is 1. The van der Waals surface area contributed by atoms with Crippen molar-refractivity contribution >= 4 is 5.78 Å². The van der Waals surface area contributed by atoms with Gasteiger partial charge in [0, 0.05) is 12.0 Å². The summed E-state index contributed by atoms with van der Waals surface area (Å²) in [5.74, 6) is 2.48. The number of hydrogen-bond acceptors (Lipinski definition) is 5. The Bertz CT molecular complexity index is 760. The van der Waals surface area contributed by atoms with Crippen molar-refractivity contribution in [3.05, 3.63) is 53.6 Å². The van der Waals surface area contributed by atoms with Gasteiger partial charge in [0.1, 0.15) is 19.0 Å². The molecule has 0 fully saturated rings. The summed E-state index contributed by atoms with van der Waals surface area (Å²) in [6.07, 6.45) is 3.32. The van der Waals surface area contributed by atoms with Crippen molar-refractivity contribution < 1.29 is 19.0 Å². The lowest BCUT2D eigenvalue weighted by atomic mass is 10.0. The van der Waals surface area contributed by atoms with Gasteiger partial charge in [-0.2, -0.15) is 0 Å². The standard InChI is InChI=1S/C22H27NO4.C2H6/c1-25-20-8-3-2-6-17(20)11-13-23-12-5-4-7-19(24)18-9-10-21-22(16-18)27-15-14-26-21;1-2/h2-3,6,8-10,16,23H,4-5,7,11-15H2,1H3;1-2H3. The molecule has 2 aromatic carbocycles. The second-order valence-corrected chi connectivity index (χ2v) is 6.55. The lowest BCUT2D eigenvalue weighted by molar-refractivity contribution is 0.0978. The van der Waals surface area contributed by atoms with Crippen molar-refractivity contribution in [1.29, 1.82) is 0 Å². The highest BCUT2D eigenvalue weighted by Gasteiger charge is 2.14. The van der Waals surface area contributed by atoms with Crippen molar-refractivity contribution in [2.45, 2.75) is 39.5 Å². The summed E-state index contributed by atoms with van der Waals surface area (Å²) < 4.78 is 16.4. The second-order valence-electron chi connectivity index (χ2n) is 6.55. The smallest absolute Gasteiger partial charge is 0.163 e. The number of para-hydroxylation sites is 1. The topological polar surface area (TPSA) is 56.8 Å². The number of carbonyl (C=O) groups is 1. The Morgan fingerprint density at radius 2 is 1.76 bits per heavy atom. The summed E-state index contributed by atoms with van der Waals surface area (Å²) in [6, 6.07) is 13.5. The van der Waals surface area contributed by atoms with Crippen molar-refractivity contribution in [3.63, 3.8) is 0 Å². The number of carbonyl (C=O) groups excluding carboxylic acids is 1. The normalized spacial score (nSPS) is 12.0. The van der Waals surface area contributed by atoms with E-state index in [1.54, 1.807) is 13.2 Å². The van der Waals surface area contributed by atoms with Crippen LogP contribution in [0.15, 0.2) is 42.5 Å². The molecule has 0 saturated carbocycles. The van der Waals surface area contributed by atoms with Gasteiger partial charge in [-0.1, -0.05) is 32.0 Å². The van der Waals surface area contributed by atoms with Gasteiger partial charge in [0.2, 0.25) is 0 Å². The van der Waals surface area contributed by atoms with Crippen LogP contribution in [-0.4, -0.2) is 39.2 Å². The highest BCUT2D eigenvalue weighted by Crippen LogP contribution is 2.31. The molecule has 158 valence electrons. The summed E-state index contributed by atoms with van der Waals surface area (Å²) in [6.45, 7) is 6.90. The van der Waals surface area contributed by atoms with Gasteiger partial charge in [-0.3, -0.25) is 4.79 Å². The third kappa shape index (κ3) is 7.09. The Morgan fingerprint density at radius 3 is 2.55 bits per heavy atom. The van der Waals surface area contributed by atoms with Crippen molar-refractivity contribution in [2.24, 2.45) is 0 Å². The summed E-state index contributed by atoms with van der Waals surface area (Å²) in [4.78, 5) is 12.3. The minimum Gasteiger partial charge on any atom is -0.496 e. The maximum atomic E-state index is 12.3. The van der Waals surface area contributed by atoms with Crippen LogP contribution in [-0.2, 0) is 6.42 Å². The fourth-order valence-electron chi connectivity index (χ4n) is 3.15. The summed E-state index contributed by atoms with van der Waals surface area (Å²) in [7, 11) is 1.70. The Morgan fingerprint density at radius 1 is 1.00 bits per heavy atom. The van der Waals surface area contributed by atoms with Crippen LogP contribution in [0, 0.1) is 0 Å². The van der Waals surface area contributed by atoms with E-state index in [0.717, 1.165) is 43.9 Å². The van der Waals surface area contributed by atoms with Crippen LogP contribution in [0.3, 0.4) is 0 Å². The monoisotopic (exact) mass is 399 g/mol.